The van der Waals surface area contributed by atoms with E-state index in [2.05, 4.69) is 30.0 Å². The standard InChI is InChI=1S/C21H24ClN7O3S/c1-5-14(32-4)27-17(23)16-20(31)29-33-21(16)26-12-6-10(2)15(13(22)7-12)19(30)28-18-11(3)8-24-9-25-18/h6-9,14,26H,5H2,1-4H3,(H2,23,27)(H,29,31)(H,24,25,28,30). The van der Waals surface area contributed by atoms with Crippen LogP contribution in [-0.4, -0.2) is 39.4 Å². The molecule has 0 radical (unpaired) electrons. The van der Waals surface area contributed by atoms with Gasteiger partial charge in [0.05, 0.1) is 10.6 Å². The fourth-order valence-corrected chi connectivity index (χ4v) is 4.21. The summed E-state index contributed by atoms with van der Waals surface area (Å²) in [6.07, 6.45) is 3.11. The lowest BCUT2D eigenvalue weighted by molar-refractivity contribution is 0.102. The van der Waals surface area contributed by atoms with Crippen LogP contribution >= 0.6 is 23.1 Å². The van der Waals surface area contributed by atoms with Gasteiger partial charge >= 0.3 is 0 Å². The van der Waals surface area contributed by atoms with Crippen LogP contribution in [0.3, 0.4) is 0 Å². The number of hydrogen-bond acceptors (Lipinski definition) is 8. The lowest BCUT2D eigenvalue weighted by atomic mass is 10.1. The number of carbonyl (C=O) groups excluding carboxylic acids is 1. The van der Waals surface area contributed by atoms with Gasteiger partial charge in [0.25, 0.3) is 11.5 Å². The van der Waals surface area contributed by atoms with E-state index in [1.807, 2.05) is 6.92 Å². The Bertz CT molecular complexity index is 1230. The van der Waals surface area contributed by atoms with Gasteiger partial charge in [-0.3, -0.25) is 14.0 Å². The summed E-state index contributed by atoms with van der Waals surface area (Å²) in [4.78, 5) is 37.4. The molecule has 0 saturated heterocycles. The van der Waals surface area contributed by atoms with Gasteiger partial charge in [-0.05, 0) is 49.5 Å². The molecule has 0 aliphatic rings. The fourth-order valence-electron chi connectivity index (χ4n) is 3.09. The number of nitrogens with two attached hydrogens (primary N) is 1. The van der Waals surface area contributed by atoms with Crippen LogP contribution in [0.25, 0.3) is 0 Å². The predicted octanol–water partition coefficient (Wildman–Crippen LogP) is 3.58. The molecular formula is C21H24ClN7O3S. The number of aromatic nitrogens is 3. The Morgan fingerprint density at radius 1 is 1.33 bits per heavy atom. The summed E-state index contributed by atoms with van der Waals surface area (Å²) < 4.78 is 7.88. The monoisotopic (exact) mass is 489 g/mol. The number of aliphatic imine (C=N–C) groups is 1. The Balaban J connectivity index is 1.88. The molecule has 0 aliphatic carbocycles. The Labute approximate surface area is 199 Å². The number of rotatable bonds is 8. The first-order valence-electron chi connectivity index (χ1n) is 9.98. The van der Waals surface area contributed by atoms with Crippen LogP contribution in [-0.2, 0) is 4.74 Å². The highest BCUT2D eigenvalue weighted by molar-refractivity contribution is 7.10. The molecule has 2 aromatic heterocycles. The number of amides is 1. The van der Waals surface area contributed by atoms with Crippen LogP contribution in [0.4, 0.5) is 16.5 Å². The number of halogens is 1. The number of nitrogens with zero attached hydrogens (tertiary/aromatic N) is 3. The third-order valence-electron chi connectivity index (χ3n) is 4.76. The summed E-state index contributed by atoms with van der Waals surface area (Å²) in [6.45, 7) is 5.46. The largest absolute Gasteiger partial charge is 0.383 e. The second-order valence-electron chi connectivity index (χ2n) is 7.13. The molecule has 1 atom stereocenters. The van der Waals surface area contributed by atoms with Crippen molar-refractivity contribution in [1.29, 1.82) is 0 Å². The number of anilines is 3. The first kappa shape index (κ1) is 24.4. The molecule has 0 saturated carbocycles. The van der Waals surface area contributed by atoms with Crippen molar-refractivity contribution < 1.29 is 9.53 Å². The number of ether oxygens (including phenoxy) is 1. The average molecular weight is 490 g/mol. The normalized spacial score (nSPS) is 12.5. The topological polar surface area (TPSA) is 147 Å². The number of carbonyl (C=O) groups is 1. The second-order valence-corrected chi connectivity index (χ2v) is 8.36. The summed E-state index contributed by atoms with van der Waals surface area (Å²) >= 11 is 7.53. The minimum atomic E-state index is -0.454. The quantitative estimate of drug-likeness (QED) is 0.279. The maximum Gasteiger partial charge on any atom is 0.271 e. The molecule has 0 bridgehead atoms. The number of amidine groups is 1. The number of aryl methyl sites for hydroxylation is 2. The zero-order valence-corrected chi connectivity index (χ0v) is 20.1. The van der Waals surface area contributed by atoms with Crippen LogP contribution < -0.4 is 21.9 Å². The van der Waals surface area contributed by atoms with Crippen molar-refractivity contribution in [2.75, 3.05) is 17.7 Å². The SMILES string of the molecule is CCC(/N=C(\N)c1c(Nc2cc(C)c(C(=O)Nc3ncncc3C)c(Cl)c2)s[nH]c1=O)OC. The van der Waals surface area contributed by atoms with Gasteiger partial charge in [-0.15, -0.1) is 0 Å². The summed E-state index contributed by atoms with van der Waals surface area (Å²) in [5, 5.41) is 6.59. The van der Waals surface area contributed by atoms with Gasteiger partial charge in [-0.2, -0.15) is 0 Å². The van der Waals surface area contributed by atoms with Crippen LogP contribution in [0, 0.1) is 13.8 Å². The predicted molar refractivity (Wildman–Crippen MR) is 131 cm³/mol. The Morgan fingerprint density at radius 3 is 2.73 bits per heavy atom. The highest BCUT2D eigenvalue weighted by atomic mass is 35.5. The summed E-state index contributed by atoms with van der Waals surface area (Å²) in [7, 11) is 1.52. The van der Waals surface area contributed by atoms with Gasteiger partial charge in [0.1, 0.15) is 34.8 Å². The molecule has 1 amide bonds. The number of H-pyrrole nitrogens is 1. The fraction of sp³-hybridized carbons (Fsp3) is 0.286. The molecule has 1 unspecified atom stereocenters. The summed E-state index contributed by atoms with van der Waals surface area (Å²) in [6, 6.07) is 3.35. The van der Waals surface area contributed by atoms with Gasteiger partial charge in [-0.1, -0.05) is 18.5 Å². The Kier molecular flexibility index (Phi) is 7.79. The van der Waals surface area contributed by atoms with Gasteiger partial charge in [0.2, 0.25) is 0 Å². The van der Waals surface area contributed by atoms with E-state index in [1.54, 1.807) is 32.2 Å². The number of methoxy groups -OCH3 is 1. The first-order valence-corrected chi connectivity index (χ1v) is 11.2. The molecule has 1 aromatic carbocycles. The van der Waals surface area contributed by atoms with E-state index < -0.39 is 6.23 Å². The van der Waals surface area contributed by atoms with Gasteiger partial charge in [0, 0.05) is 24.6 Å². The first-order chi connectivity index (χ1) is 15.7. The highest BCUT2D eigenvalue weighted by Gasteiger charge is 2.19. The van der Waals surface area contributed by atoms with E-state index in [-0.39, 0.29) is 27.9 Å². The molecule has 33 heavy (non-hydrogen) atoms. The number of aromatic amines is 1. The van der Waals surface area contributed by atoms with E-state index in [0.29, 0.717) is 34.1 Å². The minimum Gasteiger partial charge on any atom is -0.383 e. The van der Waals surface area contributed by atoms with Crippen molar-refractivity contribution >= 4 is 51.4 Å². The molecule has 5 N–H and O–H groups in total. The second kappa shape index (κ2) is 10.6. The highest BCUT2D eigenvalue weighted by Crippen LogP contribution is 2.30. The smallest absolute Gasteiger partial charge is 0.271 e. The molecule has 174 valence electrons. The van der Waals surface area contributed by atoms with Gasteiger partial charge < -0.3 is 21.1 Å². The minimum absolute atomic E-state index is 0.0627. The van der Waals surface area contributed by atoms with Crippen molar-refractivity contribution in [2.45, 2.75) is 33.4 Å². The molecule has 0 aliphatic heterocycles. The van der Waals surface area contributed by atoms with Crippen LogP contribution in [0.5, 0.6) is 0 Å². The van der Waals surface area contributed by atoms with Crippen molar-refractivity contribution in [3.8, 4) is 0 Å². The van der Waals surface area contributed by atoms with Crippen LogP contribution in [0.2, 0.25) is 5.02 Å². The zero-order valence-electron chi connectivity index (χ0n) is 18.5. The molecule has 10 nitrogen and oxygen atoms in total. The molecule has 12 heteroatoms. The molecule has 0 spiro atoms. The lowest BCUT2D eigenvalue weighted by Gasteiger charge is -2.13. The molecule has 3 aromatic rings. The summed E-state index contributed by atoms with van der Waals surface area (Å²) in [5.74, 6) is 0.0812. The summed E-state index contributed by atoms with van der Waals surface area (Å²) in [5.41, 5.74) is 8.18. The van der Waals surface area contributed by atoms with E-state index in [4.69, 9.17) is 22.1 Å². The molecule has 0 fully saturated rings. The van der Waals surface area contributed by atoms with E-state index >= 15 is 0 Å². The maximum atomic E-state index is 12.8. The zero-order chi connectivity index (χ0) is 24.1. The van der Waals surface area contributed by atoms with E-state index in [9.17, 15) is 9.59 Å². The van der Waals surface area contributed by atoms with Crippen molar-refractivity contribution in [3.63, 3.8) is 0 Å². The third kappa shape index (κ3) is 5.56. The maximum absolute atomic E-state index is 12.8. The van der Waals surface area contributed by atoms with Crippen molar-refractivity contribution in [3.05, 3.63) is 62.3 Å². The van der Waals surface area contributed by atoms with E-state index in [0.717, 1.165) is 17.1 Å². The molecule has 3 rings (SSSR count). The van der Waals surface area contributed by atoms with Gasteiger partial charge in [0.15, 0.2) is 0 Å². The van der Waals surface area contributed by atoms with Crippen molar-refractivity contribution in [2.24, 2.45) is 10.7 Å². The van der Waals surface area contributed by atoms with Crippen LogP contribution in [0.15, 0.2) is 34.4 Å². The lowest BCUT2D eigenvalue weighted by Crippen LogP contribution is -2.25. The molecule has 2 heterocycles. The van der Waals surface area contributed by atoms with Crippen molar-refractivity contribution in [1.82, 2.24) is 14.3 Å². The third-order valence-corrected chi connectivity index (χ3v) is 5.86. The average Bonchev–Trinajstić information content (AvgIpc) is 3.13. The van der Waals surface area contributed by atoms with Gasteiger partial charge in [-0.25, -0.2) is 15.0 Å². The Hall–Kier alpha value is -3.28. The Morgan fingerprint density at radius 2 is 2.09 bits per heavy atom. The number of benzene rings is 1. The number of nitrogens with one attached hydrogen (secondary N) is 3. The van der Waals surface area contributed by atoms with Crippen LogP contribution in [0.1, 0.15) is 40.4 Å². The number of hydrogen-bond donors (Lipinski definition) is 4. The molecular weight excluding hydrogens is 466 g/mol. The van der Waals surface area contributed by atoms with E-state index in [1.165, 1.54) is 13.4 Å².